The number of hydrogen-bond acceptors (Lipinski definition) is 2. The van der Waals surface area contributed by atoms with Crippen LogP contribution >= 0.6 is 0 Å². The molecule has 2 aromatic rings. The van der Waals surface area contributed by atoms with Gasteiger partial charge in [0.05, 0.1) is 11.8 Å². The number of rotatable bonds is 4. The van der Waals surface area contributed by atoms with E-state index in [4.69, 9.17) is 4.42 Å². The van der Waals surface area contributed by atoms with E-state index in [2.05, 4.69) is 5.32 Å². The maximum Gasteiger partial charge on any atom is 0.416 e. The highest BCUT2D eigenvalue weighted by Gasteiger charge is 2.30. The number of carbonyl (C=O) groups excluding carboxylic acids is 1. The van der Waals surface area contributed by atoms with Crippen molar-refractivity contribution in [3.63, 3.8) is 0 Å². The van der Waals surface area contributed by atoms with Crippen LogP contribution in [0.2, 0.25) is 0 Å². The minimum absolute atomic E-state index is 0.0175. The largest absolute Gasteiger partial charge is 0.469 e. The summed E-state index contributed by atoms with van der Waals surface area (Å²) in [7, 11) is 0. The Bertz CT molecular complexity index is 606. The lowest BCUT2D eigenvalue weighted by Crippen LogP contribution is -2.34. The Morgan fingerprint density at radius 1 is 1.29 bits per heavy atom. The molecular weight excluding hydrogens is 283 g/mol. The summed E-state index contributed by atoms with van der Waals surface area (Å²) in [5.41, 5.74) is -0.857. The number of halogens is 3. The summed E-state index contributed by atoms with van der Waals surface area (Å²) in [4.78, 5) is 12.0. The van der Waals surface area contributed by atoms with Gasteiger partial charge in [0.2, 0.25) is 0 Å². The van der Waals surface area contributed by atoms with Gasteiger partial charge in [-0.25, -0.2) is 0 Å². The van der Waals surface area contributed by atoms with E-state index < -0.39 is 17.6 Å². The Morgan fingerprint density at radius 3 is 2.67 bits per heavy atom. The highest BCUT2D eigenvalue weighted by atomic mass is 19.4. The van der Waals surface area contributed by atoms with Gasteiger partial charge in [-0.1, -0.05) is 6.07 Å². The molecule has 3 nitrogen and oxygen atoms in total. The van der Waals surface area contributed by atoms with Gasteiger partial charge in [0.1, 0.15) is 5.76 Å². The number of furan rings is 1. The fourth-order valence-electron chi connectivity index (χ4n) is 1.93. The Balaban J connectivity index is 2.03. The second-order valence-corrected chi connectivity index (χ2v) is 4.74. The normalized spacial score (nSPS) is 13.0. The molecule has 1 N–H and O–H groups in total. The summed E-state index contributed by atoms with van der Waals surface area (Å²) < 4.78 is 43.0. The van der Waals surface area contributed by atoms with Gasteiger partial charge < -0.3 is 9.73 Å². The predicted octanol–water partition coefficient (Wildman–Crippen LogP) is 3.66. The second-order valence-electron chi connectivity index (χ2n) is 4.74. The lowest BCUT2D eigenvalue weighted by molar-refractivity contribution is -0.137. The molecule has 0 aliphatic carbocycles. The maximum atomic E-state index is 12.6. The zero-order chi connectivity index (χ0) is 15.5. The van der Waals surface area contributed by atoms with Crippen molar-refractivity contribution in [2.45, 2.75) is 25.6 Å². The average Bonchev–Trinajstić information content (AvgIpc) is 2.90. The topological polar surface area (TPSA) is 42.2 Å². The summed E-state index contributed by atoms with van der Waals surface area (Å²) in [5.74, 6) is 0.159. The van der Waals surface area contributed by atoms with Crippen LogP contribution < -0.4 is 5.32 Å². The fraction of sp³-hybridized carbons (Fsp3) is 0.267. The SMILES string of the molecule is CC(Cc1ccco1)NC(=O)c1cccc(C(F)(F)F)c1. The molecule has 1 atom stereocenters. The molecule has 1 aromatic heterocycles. The molecule has 0 radical (unpaired) electrons. The lowest BCUT2D eigenvalue weighted by atomic mass is 10.1. The third-order valence-corrected chi connectivity index (χ3v) is 2.92. The maximum absolute atomic E-state index is 12.6. The van der Waals surface area contributed by atoms with Crippen LogP contribution in [0.5, 0.6) is 0 Å². The summed E-state index contributed by atoms with van der Waals surface area (Å²) in [6.07, 6.45) is -2.47. The average molecular weight is 297 g/mol. The van der Waals surface area contributed by atoms with Gasteiger partial charge in [0, 0.05) is 18.0 Å². The van der Waals surface area contributed by atoms with E-state index in [1.807, 2.05) is 0 Å². The number of amides is 1. The van der Waals surface area contributed by atoms with Crippen molar-refractivity contribution in [2.75, 3.05) is 0 Å². The Hall–Kier alpha value is -2.24. The van der Waals surface area contributed by atoms with Crippen LogP contribution in [0.3, 0.4) is 0 Å². The van der Waals surface area contributed by atoms with Gasteiger partial charge >= 0.3 is 6.18 Å². The van der Waals surface area contributed by atoms with Gasteiger partial charge in [-0.2, -0.15) is 13.2 Å². The summed E-state index contributed by atoms with van der Waals surface area (Å²) in [6, 6.07) is 7.60. The van der Waals surface area contributed by atoms with Gasteiger partial charge in [0.25, 0.3) is 5.91 Å². The third-order valence-electron chi connectivity index (χ3n) is 2.92. The van der Waals surface area contributed by atoms with Gasteiger partial charge in [-0.15, -0.1) is 0 Å². The van der Waals surface area contributed by atoms with Crippen LogP contribution in [0.25, 0.3) is 0 Å². The number of carbonyl (C=O) groups is 1. The molecular formula is C15H14F3NO2. The van der Waals surface area contributed by atoms with Gasteiger partial charge in [-0.3, -0.25) is 4.79 Å². The second kappa shape index (κ2) is 6.03. The standard InChI is InChI=1S/C15H14F3NO2/c1-10(8-13-6-3-7-21-13)19-14(20)11-4-2-5-12(9-11)15(16,17)18/h2-7,9-10H,8H2,1H3,(H,19,20). The number of hydrogen-bond donors (Lipinski definition) is 1. The van der Waals surface area contributed by atoms with Crippen LogP contribution in [0, 0.1) is 0 Å². The number of alkyl halides is 3. The van der Waals surface area contributed by atoms with Gasteiger partial charge in [-0.05, 0) is 37.3 Å². The van der Waals surface area contributed by atoms with Gasteiger partial charge in [0.15, 0.2) is 0 Å². The molecule has 112 valence electrons. The molecule has 0 bridgehead atoms. The van der Waals surface area contributed by atoms with Crippen LogP contribution in [0.15, 0.2) is 47.1 Å². The number of benzene rings is 1. The molecule has 0 saturated heterocycles. The first-order valence-electron chi connectivity index (χ1n) is 6.37. The molecule has 6 heteroatoms. The van der Waals surface area contributed by atoms with Crippen molar-refractivity contribution in [3.8, 4) is 0 Å². The number of nitrogens with one attached hydrogen (secondary N) is 1. The van der Waals surface area contributed by atoms with Crippen molar-refractivity contribution >= 4 is 5.91 Å². The first-order chi connectivity index (χ1) is 9.86. The molecule has 2 rings (SSSR count). The highest BCUT2D eigenvalue weighted by molar-refractivity contribution is 5.94. The van der Waals surface area contributed by atoms with E-state index in [0.717, 1.165) is 12.1 Å². The Morgan fingerprint density at radius 2 is 2.05 bits per heavy atom. The minimum atomic E-state index is -4.46. The molecule has 0 fully saturated rings. The van der Waals surface area contributed by atoms with Crippen LogP contribution in [-0.2, 0) is 12.6 Å². The lowest BCUT2D eigenvalue weighted by Gasteiger charge is -2.13. The van der Waals surface area contributed by atoms with E-state index in [1.165, 1.54) is 18.4 Å². The van der Waals surface area contributed by atoms with E-state index >= 15 is 0 Å². The summed E-state index contributed by atoms with van der Waals surface area (Å²) in [5, 5.41) is 2.65. The predicted molar refractivity (Wildman–Crippen MR) is 70.8 cm³/mol. The molecule has 1 heterocycles. The smallest absolute Gasteiger partial charge is 0.416 e. The van der Waals surface area contributed by atoms with E-state index in [0.29, 0.717) is 12.2 Å². The fourth-order valence-corrected chi connectivity index (χ4v) is 1.93. The van der Waals surface area contributed by atoms with E-state index in [9.17, 15) is 18.0 Å². The summed E-state index contributed by atoms with van der Waals surface area (Å²) >= 11 is 0. The Labute approximate surface area is 119 Å². The molecule has 1 unspecified atom stereocenters. The summed E-state index contributed by atoms with van der Waals surface area (Å²) in [6.45, 7) is 1.76. The quantitative estimate of drug-likeness (QED) is 0.935. The van der Waals surface area contributed by atoms with E-state index in [-0.39, 0.29) is 11.6 Å². The molecule has 0 saturated carbocycles. The molecule has 21 heavy (non-hydrogen) atoms. The zero-order valence-electron chi connectivity index (χ0n) is 11.3. The van der Waals surface area contributed by atoms with Crippen LogP contribution in [-0.4, -0.2) is 11.9 Å². The van der Waals surface area contributed by atoms with Crippen molar-refractivity contribution < 1.29 is 22.4 Å². The zero-order valence-corrected chi connectivity index (χ0v) is 11.3. The van der Waals surface area contributed by atoms with Crippen LogP contribution in [0.4, 0.5) is 13.2 Å². The van der Waals surface area contributed by atoms with Crippen LogP contribution in [0.1, 0.15) is 28.6 Å². The third kappa shape index (κ3) is 4.11. The van der Waals surface area contributed by atoms with Crippen molar-refractivity contribution in [3.05, 3.63) is 59.5 Å². The molecule has 0 aliphatic heterocycles. The first-order valence-corrected chi connectivity index (χ1v) is 6.37. The molecule has 1 aromatic carbocycles. The van der Waals surface area contributed by atoms with E-state index in [1.54, 1.807) is 19.1 Å². The van der Waals surface area contributed by atoms with Crippen molar-refractivity contribution in [1.82, 2.24) is 5.32 Å². The molecule has 0 aliphatic rings. The highest BCUT2D eigenvalue weighted by Crippen LogP contribution is 2.29. The Kier molecular flexibility index (Phi) is 4.35. The van der Waals surface area contributed by atoms with Crippen molar-refractivity contribution in [2.24, 2.45) is 0 Å². The molecule has 0 spiro atoms. The monoisotopic (exact) mass is 297 g/mol. The minimum Gasteiger partial charge on any atom is -0.469 e. The first kappa shape index (κ1) is 15.2. The van der Waals surface area contributed by atoms with Crippen molar-refractivity contribution in [1.29, 1.82) is 0 Å². The molecule has 1 amide bonds.